The lowest BCUT2D eigenvalue weighted by Gasteiger charge is -2.40. The molecule has 7 atom stereocenters. The standard InChI is InChI=1S/C14H22INO3.C14H22O4/c1-16-7-6-11-4-5-13-14(10-15,19-11)9-12(18-13)3-2-8-17;1-10-9-12(3-2-8-15)17-13(10)6-4-11-5-7-14(16)18-11/h11-13,17H,2-10H2;11-13,15H,1-9H2/t11-,12+,13+,14-;11?,12-,13-/m10/s1. The Bertz CT molecular complexity index is 774. The minimum absolute atomic E-state index is 0.0744. The van der Waals surface area contributed by atoms with Crippen molar-refractivity contribution in [2.24, 2.45) is 0 Å². The number of rotatable bonds is 12. The molecule has 8 nitrogen and oxygen atoms in total. The Morgan fingerprint density at radius 3 is 2.38 bits per heavy atom. The Kier molecular flexibility index (Phi) is 13.1. The van der Waals surface area contributed by atoms with Crippen LogP contribution in [0, 0.1) is 6.57 Å². The van der Waals surface area contributed by atoms with E-state index in [2.05, 4.69) is 34.0 Å². The summed E-state index contributed by atoms with van der Waals surface area (Å²) in [4.78, 5) is 14.4. The second kappa shape index (κ2) is 15.7. The molecule has 0 amide bonds. The maximum atomic E-state index is 11.0. The molecule has 0 bridgehead atoms. The van der Waals surface area contributed by atoms with Gasteiger partial charge in [0.1, 0.15) is 11.7 Å². The van der Waals surface area contributed by atoms with Gasteiger partial charge in [0, 0.05) is 36.9 Å². The Balaban J connectivity index is 0.000000206. The van der Waals surface area contributed by atoms with E-state index in [0.717, 1.165) is 87.1 Å². The zero-order chi connectivity index (χ0) is 26.7. The van der Waals surface area contributed by atoms with Gasteiger partial charge in [0.25, 0.3) is 0 Å². The summed E-state index contributed by atoms with van der Waals surface area (Å²) in [6, 6.07) is 0. The first-order chi connectivity index (χ1) is 17.9. The van der Waals surface area contributed by atoms with Crippen molar-refractivity contribution in [2.45, 2.75) is 126 Å². The van der Waals surface area contributed by atoms with Gasteiger partial charge in [0.05, 0.1) is 30.5 Å². The number of esters is 1. The Hall–Kier alpha value is -0.770. The molecule has 0 aromatic heterocycles. The molecule has 4 rings (SSSR count). The minimum Gasteiger partial charge on any atom is -0.462 e. The lowest BCUT2D eigenvalue weighted by Crippen LogP contribution is -2.49. The first kappa shape index (κ1) is 30.8. The maximum absolute atomic E-state index is 11.0. The number of nitrogens with zero attached hydrogens (tertiary/aromatic N) is 1. The van der Waals surface area contributed by atoms with Gasteiger partial charge < -0.3 is 34.0 Å². The summed E-state index contributed by atoms with van der Waals surface area (Å²) in [5, 5.41) is 17.7. The van der Waals surface area contributed by atoms with Gasteiger partial charge in [-0.25, -0.2) is 6.57 Å². The number of hydrogen-bond acceptors (Lipinski definition) is 7. The van der Waals surface area contributed by atoms with E-state index in [1.807, 2.05) is 0 Å². The van der Waals surface area contributed by atoms with Crippen molar-refractivity contribution in [3.8, 4) is 0 Å². The second-order valence-corrected chi connectivity index (χ2v) is 11.5. The molecule has 4 aliphatic heterocycles. The van der Waals surface area contributed by atoms with Crippen LogP contribution in [0.5, 0.6) is 0 Å². The van der Waals surface area contributed by atoms with Crippen LogP contribution in [-0.2, 0) is 23.7 Å². The molecule has 0 spiro atoms. The van der Waals surface area contributed by atoms with Crippen molar-refractivity contribution in [2.75, 3.05) is 24.2 Å². The van der Waals surface area contributed by atoms with E-state index < -0.39 is 0 Å². The summed E-state index contributed by atoms with van der Waals surface area (Å²) in [7, 11) is 0. The van der Waals surface area contributed by atoms with Gasteiger partial charge in [-0.3, -0.25) is 4.79 Å². The third kappa shape index (κ3) is 9.14. The molecule has 0 aromatic rings. The van der Waals surface area contributed by atoms with Gasteiger partial charge in [0.15, 0.2) is 0 Å². The van der Waals surface area contributed by atoms with Crippen molar-refractivity contribution >= 4 is 28.6 Å². The SMILES string of the molecule is C=C1C[C@H](CCCO)O[C@H]1CCC1CCC(=O)O1.[C-]#[N+]CC[C@H]1CC[C@@H]2O[C@@H](CCCO)C[C@]2(CI)O1. The monoisotopic (exact) mass is 633 g/mol. The van der Waals surface area contributed by atoms with Gasteiger partial charge >= 0.3 is 5.97 Å². The van der Waals surface area contributed by atoms with E-state index >= 15 is 0 Å². The number of cyclic esters (lactones) is 1. The van der Waals surface area contributed by atoms with Crippen molar-refractivity contribution in [3.05, 3.63) is 23.6 Å². The topological polar surface area (TPSA) is 98.8 Å². The highest BCUT2D eigenvalue weighted by Crippen LogP contribution is 2.44. The summed E-state index contributed by atoms with van der Waals surface area (Å²) < 4.78 is 24.5. The highest BCUT2D eigenvalue weighted by Gasteiger charge is 2.52. The number of aliphatic hydroxyl groups is 2. The third-order valence-corrected chi connectivity index (χ3v) is 9.14. The third-order valence-electron chi connectivity index (χ3n) is 7.85. The molecule has 4 fully saturated rings. The molecular formula is C28H44INO7. The first-order valence-electron chi connectivity index (χ1n) is 13.9. The van der Waals surface area contributed by atoms with Crippen molar-refractivity contribution < 1.29 is 34.0 Å². The van der Waals surface area contributed by atoms with Crippen molar-refractivity contribution in [1.82, 2.24) is 0 Å². The van der Waals surface area contributed by atoms with Crippen molar-refractivity contribution in [1.29, 1.82) is 0 Å². The van der Waals surface area contributed by atoms with Crippen LogP contribution in [0.15, 0.2) is 12.2 Å². The number of fused-ring (bicyclic) bond motifs is 1. The Morgan fingerprint density at radius 2 is 1.73 bits per heavy atom. The van der Waals surface area contributed by atoms with Crippen LogP contribution >= 0.6 is 22.6 Å². The van der Waals surface area contributed by atoms with Crippen molar-refractivity contribution in [3.63, 3.8) is 0 Å². The van der Waals surface area contributed by atoms with Crippen LogP contribution in [0.3, 0.4) is 0 Å². The normalized spacial score (nSPS) is 35.0. The lowest BCUT2D eigenvalue weighted by molar-refractivity contribution is -0.152. The highest BCUT2D eigenvalue weighted by molar-refractivity contribution is 14.1. The highest BCUT2D eigenvalue weighted by atomic mass is 127. The number of aliphatic hydroxyl groups excluding tert-OH is 2. The molecule has 37 heavy (non-hydrogen) atoms. The second-order valence-electron chi connectivity index (χ2n) is 10.7. The summed E-state index contributed by atoms with van der Waals surface area (Å²) in [6.45, 7) is 12.0. The number of hydrogen-bond donors (Lipinski definition) is 2. The number of alkyl halides is 1. The predicted octanol–water partition coefficient (Wildman–Crippen LogP) is 4.54. The average Bonchev–Trinajstić information content (AvgIpc) is 3.60. The predicted molar refractivity (Wildman–Crippen MR) is 148 cm³/mol. The van der Waals surface area contributed by atoms with E-state index in [9.17, 15) is 4.79 Å². The molecule has 4 heterocycles. The molecule has 210 valence electrons. The average molecular weight is 634 g/mol. The molecule has 4 saturated heterocycles. The van der Waals surface area contributed by atoms with Gasteiger partial charge in [-0.1, -0.05) is 29.2 Å². The summed E-state index contributed by atoms with van der Waals surface area (Å²) in [5.74, 6) is -0.0769. The zero-order valence-electron chi connectivity index (χ0n) is 22.0. The summed E-state index contributed by atoms with van der Waals surface area (Å²) in [6.07, 6.45) is 12.3. The van der Waals surface area contributed by atoms with Gasteiger partial charge in [-0.15, -0.1) is 0 Å². The maximum Gasteiger partial charge on any atom is 0.306 e. The summed E-state index contributed by atoms with van der Waals surface area (Å²) >= 11 is 2.40. The molecule has 1 unspecified atom stereocenters. The van der Waals surface area contributed by atoms with E-state index in [1.165, 1.54) is 0 Å². The van der Waals surface area contributed by atoms with E-state index in [4.69, 9.17) is 35.7 Å². The van der Waals surface area contributed by atoms with Crippen LogP contribution in [0.2, 0.25) is 0 Å². The molecule has 0 radical (unpaired) electrons. The zero-order valence-corrected chi connectivity index (χ0v) is 24.1. The van der Waals surface area contributed by atoms with Crippen LogP contribution in [0.4, 0.5) is 0 Å². The van der Waals surface area contributed by atoms with Gasteiger partial charge in [0.2, 0.25) is 6.54 Å². The van der Waals surface area contributed by atoms with E-state index in [0.29, 0.717) is 13.0 Å². The summed E-state index contributed by atoms with van der Waals surface area (Å²) in [5.41, 5.74) is 0.994. The van der Waals surface area contributed by atoms with Gasteiger partial charge in [-0.05, 0) is 69.8 Å². The quantitative estimate of drug-likeness (QED) is 0.107. The smallest absolute Gasteiger partial charge is 0.306 e. The van der Waals surface area contributed by atoms with Gasteiger partial charge in [-0.2, -0.15) is 0 Å². The molecular weight excluding hydrogens is 589 g/mol. The van der Waals surface area contributed by atoms with Crippen LogP contribution in [0.25, 0.3) is 4.85 Å². The van der Waals surface area contributed by atoms with Crippen LogP contribution in [0.1, 0.15) is 83.5 Å². The van der Waals surface area contributed by atoms with E-state index in [1.54, 1.807) is 0 Å². The molecule has 0 saturated carbocycles. The fourth-order valence-corrected chi connectivity index (χ4v) is 6.84. The molecule has 2 N–H and O–H groups in total. The fraction of sp³-hybridized carbons (Fsp3) is 0.857. The number of carbonyl (C=O) groups excluding carboxylic acids is 1. The Labute approximate surface area is 235 Å². The van der Waals surface area contributed by atoms with Crippen LogP contribution in [-0.4, -0.2) is 82.6 Å². The molecule has 0 aromatic carbocycles. The molecule has 9 heteroatoms. The number of carbonyl (C=O) groups is 1. The number of halogens is 1. The van der Waals surface area contributed by atoms with Crippen LogP contribution < -0.4 is 0 Å². The first-order valence-corrected chi connectivity index (χ1v) is 15.4. The van der Waals surface area contributed by atoms with E-state index in [-0.39, 0.29) is 61.4 Å². The lowest BCUT2D eigenvalue weighted by atomic mass is 9.87. The fourth-order valence-electron chi connectivity index (χ4n) is 5.86. The molecule has 0 aliphatic carbocycles. The molecule has 4 aliphatic rings. The Morgan fingerprint density at radius 1 is 0.973 bits per heavy atom. The largest absolute Gasteiger partial charge is 0.462 e. The number of ether oxygens (including phenoxy) is 4. The minimum atomic E-state index is -0.147.